The van der Waals surface area contributed by atoms with E-state index in [0.717, 1.165) is 11.3 Å². The number of H-pyrrole nitrogens is 1. The molecular formula is C10H9FN2OS. The van der Waals surface area contributed by atoms with Gasteiger partial charge in [0.2, 0.25) is 0 Å². The number of aromatic amines is 1. The third-order valence-corrected chi connectivity index (χ3v) is 2.99. The SMILES string of the molecule is NCc1[nH]c(=O)sc1-c1cccc(F)c1. The Morgan fingerprint density at radius 3 is 2.93 bits per heavy atom. The first-order valence-electron chi connectivity index (χ1n) is 4.38. The number of thiazole rings is 1. The Labute approximate surface area is 89.4 Å². The maximum atomic E-state index is 13.0. The molecule has 3 nitrogen and oxygen atoms in total. The second-order valence-corrected chi connectivity index (χ2v) is 4.02. The van der Waals surface area contributed by atoms with Gasteiger partial charge in [0, 0.05) is 6.54 Å². The van der Waals surface area contributed by atoms with Crippen LogP contribution in [0.5, 0.6) is 0 Å². The van der Waals surface area contributed by atoms with E-state index >= 15 is 0 Å². The van der Waals surface area contributed by atoms with Crippen LogP contribution in [-0.2, 0) is 6.54 Å². The molecule has 0 saturated heterocycles. The quantitative estimate of drug-likeness (QED) is 0.815. The van der Waals surface area contributed by atoms with Crippen molar-refractivity contribution in [1.82, 2.24) is 4.98 Å². The van der Waals surface area contributed by atoms with E-state index in [9.17, 15) is 9.18 Å². The second-order valence-electron chi connectivity index (χ2n) is 3.04. The van der Waals surface area contributed by atoms with Crippen LogP contribution in [0.1, 0.15) is 5.69 Å². The molecule has 1 aromatic carbocycles. The zero-order valence-electron chi connectivity index (χ0n) is 7.79. The maximum Gasteiger partial charge on any atom is 0.305 e. The van der Waals surface area contributed by atoms with Gasteiger partial charge >= 0.3 is 4.87 Å². The third kappa shape index (κ3) is 1.98. The Balaban J connectivity index is 2.57. The van der Waals surface area contributed by atoms with Gasteiger partial charge in [-0.15, -0.1) is 0 Å². The summed E-state index contributed by atoms with van der Waals surface area (Å²) in [6, 6.07) is 6.11. The first-order chi connectivity index (χ1) is 7.20. The molecule has 5 heteroatoms. The van der Waals surface area contributed by atoms with Crippen molar-refractivity contribution in [2.45, 2.75) is 6.54 Å². The highest BCUT2D eigenvalue weighted by atomic mass is 32.1. The van der Waals surface area contributed by atoms with Crippen LogP contribution >= 0.6 is 11.3 Å². The average Bonchev–Trinajstić information content (AvgIpc) is 2.59. The predicted octanol–water partition coefficient (Wildman–Crippen LogP) is 1.70. The highest BCUT2D eigenvalue weighted by Crippen LogP contribution is 2.25. The maximum absolute atomic E-state index is 13.0. The molecule has 2 rings (SSSR count). The van der Waals surface area contributed by atoms with Gasteiger partial charge in [-0.3, -0.25) is 4.79 Å². The predicted molar refractivity (Wildman–Crippen MR) is 58.2 cm³/mol. The third-order valence-electron chi connectivity index (χ3n) is 2.01. The molecule has 78 valence electrons. The Morgan fingerprint density at radius 1 is 1.47 bits per heavy atom. The summed E-state index contributed by atoms with van der Waals surface area (Å²) in [4.78, 5) is 14.3. The van der Waals surface area contributed by atoms with Crippen LogP contribution in [0.15, 0.2) is 29.1 Å². The molecule has 0 amide bonds. The largest absolute Gasteiger partial charge is 0.325 e. The summed E-state index contributed by atoms with van der Waals surface area (Å²) in [7, 11) is 0. The highest BCUT2D eigenvalue weighted by Gasteiger charge is 2.09. The molecule has 2 aromatic rings. The molecule has 0 atom stereocenters. The lowest BCUT2D eigenvalue weighted by Gasteiger charge is -2.00. The van der Waals surface area contributed by atoms with Crippen molar-refractivity contribution >= 4 is 11.3 Å². The molecule has 3 N–H and O–H groups in total. The Kier molecular flexibility index (Phi) is 2.66. The van der Waals surface area contributed by atoms with Gasteiger partial charge in [0.1, 0.15) is 5.82 Å². The normalized spacial score (nSPS) is 10.5. The van der Waals surface area contributed by atoms with E-state index in [0.29, 0.717) is 16.1 Å². The van der Waals surface area contributed by atoms with Crippen LogP contribution in [0.2, 0.25) is 0 Å². The van der Waals surface area contributed by atoms with Crippen molar-refractivity contribution in [2.75, 3.05) is 0 Å². The molecular weight excluding hydrogens is 215 g/mol. The molecule has 0 fully saturated rings. The van der Waals surface area contributed by atoms with E-state index in [4.69, 9.17) is 5.73 Å². The molecule has 0 spiro atoms. The van der Waals surface area contributed by atoms with Crippen LogP contribution in [0.3, 0.4) is 0 Å². The van der Waals surface area contributed by atoms with Crippen molar-refractivity contribution in [3.05, 3.63) is 45.4 Å². The summed E-state index contributed by atoms with van der Waals surface area (Å²) in [5.74, 6) is -0.323. The fourth-order valence-electron chi connectivity index (χ4n) is 1.37. The number of aromatic nitrogens is 1. The number of hydrogen-bond acceptors (Lipinski definition) is 3. The zero-order chi connectivity index (χ0) is 10.8. The summed E-state index contributed by atoms with van der Waals surface area (Å²) in [6.07, 6.45) is 0. The van der Waals surface area contributed by atoms with E-state index in [1.54, 1.807) is 12.1 Å². The molecule has 1 heterocycles. The van der Waals surface area contributed by atoms with Gasteiger partial charge in [0.05, 0.1) is 10.6 Å². The second kappa shape index (κ2) is 3.96. The number of rotatable bonds is 2. The molecule has 15 heavy (non-hydrogen) atoms. The van der Waals surface area contributed by atoms with Gasteiger partial charge in [0.25, 0.3) is 0 Å². The Morgan fingerprint density at radius 2 is 2.27 bits per heavy atom. The molecule has 0 bridgehead atoms. The number of halogens is 1. The van der Waals surface area contributed by atoms with Gasteiger partial charge in [-0.25, -0.2) is 4.39 Å². The van der Waals surface area contributed by atoms with E-state index in [1.165, 1.54) is 12.1 Å². The molecule has 0 radical (unpaired) electrons. The summed E-state index contributed by atoms with van der Waals surface area (Å²) < 4.78 is 13.0. The number of nitrogens with one attached hydrogen (secondary N) is 1. The number of hydrogen-bond donors (Lipinski definition) is 2. The monoisotopic (exact) mass is 224 g/mol. The molecule has 0 aliphatic rings. The van der Waals surface area contributed by atoms with Gasteiger partial charge in [-0.05, 0) is 17.7 Å². The molecule has 1 aromatic heterocycles. The van der Waals surface area contributed by atoms with Crippen LogP contribution < -0.4 is 10.6 Å². The smallest absolute Gasteiger partial charge is 0.305 e. The molecule has 0 unspecified atom stereocenters. The molecule has 0 aliphatic heterocycles. The fraction of sp³-hybridized carbons (Fsp3) is 0.100. The number of nitrogens with two attached hydrogens (primary N) is 1. The van der Waals surface area contributed by atoms with Gasteiger partial charge < -0.3 is 10.7 Å². The minimum absolute atomic E-state index is 0.172. The minimum Gasteiger partial charge on any atom is -0.325 e. The van der Waals surface area contributed by atoms with Gasteiger partial charge in [0.15, 0.2) is 0 Å². The lowest BCUT2D eigenvalue weighted by molar-refractivity contribution is 0.628. The fourth-order valence-corrected chi connectivity index (χ4v) is 2.23. The summed E-state index contributed by atoms with van der Waals surface area (Å²) in [5.41, 5.74) is 6.81. The van der Waals surface area contributed by atoms with Crippen molar-refractivity contribution in [1.29, 1.82) is 0 Å². The first kappa shape index (κ1) is 10.1. The summed E-state index contributed by atoms with van der Waals surface area (Å²) in [5, 5.41) is 0. The van der Waals surface area contributed by atoms with Crippen molar-refractivity contribution < 1.29 is 4.39 Å². The summed E-state index contributed by atoms with van der Waals surface area (Å²) >= 11 is 1.04. The lowest BCUT2D eigenvalue weighted by Crippen LogP contribution is -2.01. The van der Waals surface area contributed by atoms with E-state index in [1.807, 2.05) is 0 Å². The van der Waals surface area contributed by atoms with Gasteiger partial charge in [-0.2, -0.15) is 0 Å². The molecule has 0 saturated carbocycles. The standard InChI is InChI=1S/C10H9FN2OS/c11-7-3-1-2-6(4-7)9-8(5-12)13-10(14)15-9/h1-4H,5,12H2,(H,13,14). The van der Waals surface area contributed by atoms with Crippen molar-refractivity contribution in [2.24, 2.45) is 5.73 Å². The van der Waals surface area contributed by atoms with E-state index < -0.39 is 0 Å². The van der Waals surface area contributed by atoms with E-state index in [-0.39, 0.29) is 17.2 Å². The van der Waals surface area contributed by atoms with Crippen LogP contribution in [-0.4, -0.2) is 4.98 Å². The van der Waals surface area contributed by atoms with Gasteiger partial charge in [-0.1, -0.05) is 23.5 Å². The Hall–Kier alpha value is -1.46. The summed E-state index contributed by atoms with van der Waals surface area (Å²) in [6.45, 7) is 0.241. The average molecular weight is 224 g/mol. The topological polar surface area (TPSA) is 58.9 Å². The van der Waals surface area contributed by atoms with Crippen molar-refractivity contribution in [3.63, 3.8) is 0 Å². The van der Waals surface area contributed by atoms with Crippen LogP contribution in [0.4, 0.5) is 4.39 Å². The van der Waals surface area contributed by atoms with Crippen LogP contribution in [0, 0.1) is 5.82 Å². The van der Waals surface area contributed by atoms with Crippen molar-refractivity contribution in [3.8, 4) is 10.4 Å². The molecule has 0 aliphatic carbocycles. The zero-order valence-corrected chi connectivity index (χ0v) is 8.60. The highest BCUT2D eigenvalue weighted by molar-refractivity contribution is 7.13. The van der Waals surface area contributed by atoms with Crippen LogP contribution in [0.25, 0.3) is 10.4 Å². The van der Waals surface area contributed by atoms with E-state index in [2.05, 4.69) is 4.98 Å². The first-order valence-corrected chi connectivity index (χ1v) is 5.20. The Bertz CT molecular complexity index is 532. The number of benzene rings is 1. The lowest BCUT2D eigenvalue weighted by atomic mass is 10.1. The minimum atomic E-state index is -0.323.